The topological polar surface area (TPSA) is 119 Å². The van der Waals surface area contributed by atoms with Gasteiger partial charge in [-0.3, -0.25) is 9.78 Å². The summed E-state index contributed by atoms with van der Waals surface area (Å²) >= 11 is 1.54. The second kappa shape index (κ2) is 12.7. The van der Waals surface area contributed by atoms with E-state index in [9.17, 15) is 9.90 Å². The van der Waals surface area contributed by atoms with Crippen molar-refractivity contribution >= 4 is 34.4 Å². The number of carbonyl (C=O) groups is 1. The van der Waals surface area contributed by atoms with Crippen LogP contribution in [0, 0.1) is 5.92 Å². The summed E-state index contributed by atoms with van der Waals surface area (Å²) in [6, 6.07) is 24.4. The highest BCUT2D eigenvalue weighted by molar-refractivity contribution is 7.99. The van der Waals surface area contributed by atoms with Crippen molar-refractivity contribution in [3.05, 3.63) is 120 Å². The number of benzene rings is 3. The van der Waals surface area contributed by atoms with Crippen molar-refractivity contribution in [1.29, 1.82) is 0 Å². The quantitative estimate of drug-likeness (QED) is 0.175. The minimum atomic E-state index is -0.677. The molecule has 212 valence electrons. The molecule has 9 nitrogen and oxygen atoms in total. The Morgan fingerprint density at radius 3 is 2.48 bits per heavy atom. The minimum absolute atomic E-state index is 0.0202. The van der Waals surface area contributed by atoms with Crippen molar-refractivity contribution in [3.63, 3.8) is 0 Å². The minimum Gasteiger partial charge on any atom is -0.392 e. The van der Waals surface area contributed by atoms with Crippen molar-refractivity contribution in [3.8, 4) is 0 Å². The molecule has 1 aliphatic heterocycles. The highest BCUT2D eigenvalue weighted by Gasteiger charge is 2.38. The maximum absolute atomic E-state index is 13.0. The number of aromatic nitrogens is 4. The van der Waals surface area contributed by atoms with Crippen LogP contribution in [0.25, 0.3) is 11.0 Å². The van der Waals surface area contributed by atoms with Gasteiger partial charge in [-0.05, 0) is 41.5 Å². The molecular weight excluding hydrogens is 550 g/mol. The summed E-state index contributed by atoms with van der Waals surface area (Å²) in [4.78, 5) is 30.5. The number of fused-ring (bicyclic) bond motifs is 1. The van der Waals surface area contributed by atoms with Gasteiger partial charge in [0.05, 0.1) is 36.0 Å². The summed E-state index contributed by atoms with van der Waals surface area (Å²) in [7, 11) is 0. The van der Waals surface area contributed by atoms with E-state index in [1.807, 2.05) is 72.8 Å². The van der Waals surface area contributed by atoms with Crippen LogP contribution in [0.4, 0.5) is 5.69 Å². The molecule has 1 aliphatic rings. The number of amides is 1. The lowest BCUT2D eigenvalue weighted by Gasteiger charge is -2.41. The molecule has 1 amide bonds. The van der Waals surface area contributed by atoms with Gasteiger partial charge in [-0.15, -0.1) is 0 Å². The lowest BCUT2D eigenvalue weighted by atomic mass is 9.91. The number of nitrogens with one attached hydrogen (secondary N) is 1. The van der Waals surface area contributed by atoms with Crippen LogP contribution < -0.4 is 5.32 Å². The van der Waals surface area contributed by atoms with E-state index in [4.69, 9.17) is 9.47 Å². The van der Waals surface area contributed by atoms with Crippen LogP contribution >= 0.6 is 11.8 Å². The van der Waals surface area contributed by atoms with Gasteiger partial charge in [-0.2, -0.15) is 0 Å². The molecule has 2 aromatic heterocycles. The van der Waals surface area contributed by atoms with E-state index in [2.05, 4.69) is 32.2 Å². The normalized spacial score (nSPS) is 20.3. The standard InChI is InChI=1S/C32H29N5O4S/c1-20-28(19-42-32-33-14-5-15-34-32)40-31(41-29(20)22-12-10-21(18-38)11-13-22)23-6-4-7-24(16-23)36-30(39)27-17-35-25-8-2-3-9-26(25)37-27/h2-17,20,28-29,31,38H,18-19H2,1H3,(H,36,39). The molecule has 0 aliphatic carbocycles. The number of para-hydroxylation sites is 2. The molecule has 0 bridgehead atoms. The van der Waals surface area contributed by atoms with E-state index >= 15 is 0 Å². The van der Waals surface area contributed by atoms with Gasteiger partial charge < -0.3 is 19.9 Å². The first kappa shape index (κ1) is 27.9. The van der Waals surface area contributed by atoms with E-state index in [1.165, 1.54) is 18.0 Å². The van der Waals surface area contributed by atoms with Crippen molar-refractivity contribution in [2.45, 2.75) is 37.2 Å². The molecule has 2 N–H and O–H groups in total. The van der Waals surface area contributed by atoms with Gasteiger partial charge in [0.1, 0.15) is 5.69 Å². The molecule has 1 saturated heterocycles. The maximum Gasteiger partial charge on any atom is 0.275 e. The van der Waals surface area contributed by atoms with Gasteiger partial charge in [0.15, 0.2) is 11.4 Å². The average Bonchev–Trinajstić information content (AvgIpc) is 3.04. The lowest BCUT2D eigenvalue weighted by Crippen LogP contribution is -2.38. The van der Waals surface area contributed by atoms with Crippen molar-refractivity contribution < 1.29 is 19.4 Å². The number of aliphatic hydroxyl groups is 1. The Labute approximate surface area is 247 Å². The Kier molecular flexibility index (Phi) is 8.47. The number of aliphatic hydroxyl groups excluding tert-OH is 1. The molecule has 5 aromatic rings. The molecule has 42 heavy (non-hydrogen) atoms. The zero-order chi connectivity index (χ0) is 28.9. The zero-order valence-corrected chi connectivity index (χ0v) is 23.6. The predicted octanol–water partition coefficient (Wildman–Crippen LogP) is 5.75. The lowest BCUT2D eigenvalue weighted by molar-refractivity contribution is -0.268. The van der Waals surface area contributed by atoms with Crippen LogP contribution in [0.15, 0.2) is 103 Å². The van der Waals surface area contributed by atoms with Crippen LogP contribution in [0.3, 0.4) is 0 Å². The van der Waals surface area contributed by atoms with E-state index in [-0.39, 0.29) is 36.3 Å². The summed E-state index contributed by atoms with van der Waals surface area (Å²) < 4.78 is 13.1. The molecule has 0 radical (unpaired) electrons. The molecule has 3 heterocycles. The van der Waals surface area contributed by atoms with Crippen LogP contribution in [-0.4, -0.2) is 42.8 Å². The van der Waals surface area contributed by atoms with Gasteiger partial charge >= 0.3 is 0 Å². The molecule has 0 spiro atoms. The number of thioether (sulfide) groups is 1. The first-order valence-corrected chi connectivity index (χ1v) is 14.6. The van der Waals surface area contributed by atoms with E-state index < -0.39 is 6.29 Å². The Morgan fingerprint density at radius 2 is 1.69 bits per heavy atom. The fraction of sp³-hybridized carbons (Fsp3) is 0.219. The molecule has 3 aromatic carbocycles. The molecule has 4 unspecified atom stereocenters. The van der Waals surface area contributed by atoms with Crippen LogP contribution in [-0.2, 0) is 16.1 Å². The number of nitrogens with zero attached hydrogens (tertiary/aromatic N) is 4. The van der Waals surface area contributed by atoms with Gasteiger partial charge in [0, 0.05) is 35.3 Å². The van der Waals surface area contributed by atoms with Crippen LogP contribution in [0.5, 0.6) is 0 Å². The third-order valence-electron chi connectivity index (χ3n) is 7.14. The Morgan fingerprint density at radius 1 is 0.905 bits per heavy atom. The molecule has 10 heteroatoms. The van der Waals surface area contributed by atoms with Crippen LogP contribution in [0.2, 0.25) is 0 Å². The second-order valence-corrected chi connectivity index (χ2v) is 11.0. The molecular formula is C32H29N5O4S. The Balaban J connectivity index is 1.23. The Hall–Kier alpha value is -4.22. The van der Waals surface area contributed by atoms with Gasteiger partial charge in [-0.1, -0.05) is 67.2 Å². The van der Waals surface area contributed by atoms with Crippen molar-refractivity contribution in [1.82, 2.24) is 19.9 Å². The van der Waals surface area contributed by atoms with Crippen LogP contribution in [0.1, 0.15) is 46.5 Å². The number of carbonyl (C=O) groups excluding carboxylic acids is 1. The number of ether oxygens (including phenoxy) is 2. The summed E-state index contributed by atoms with van der Waals surface area (Å²) in [5, 5.41) is 13.1. The van der Waals surface area contributed by atoms with Gasteiger partial charge in [0.25, 0.3) is 5.91 Å². The number of hydrogen-bond acceptors (Lipinski definition) is 9. The van der Waals surface area contributed by atoms with Crippen molar-refractivity contribution in [2.24, 2.45) is 5.92 Å². The molecule has 6 rings (SSSR count). The smallest absolute Gasteiger partial charge is 0.275 e. The Bertz CT molecular complexity index is 1670. The average molecular weight is 580 g/mol. The van der Waals surface area contributed by atoms with E-state index in [0.717, 1.165) is 22.2 Å². The zero-order valence-electron chi connectivity index (χ0n) is 22.8. The monoisotopic (exact) mass is 579 g/mol. The first-order chi connectivity index (χ1) is 20.6. The SMILES string of the molecule is CC1C(CSc2ncccn2)OC(c2cccc(NC(=O)c3cnc4ccccc4n3)c2)OC1c1ccc(CO)cc1. The fourth-order valence-electron chi connectivity index (χ4n) is 4.85. The highest BCUT2D eigenvalue weighted by atomic mass is 32.2. The largest absolute Gasteiger partial charge is 0.392 e. The highest BCUT2D eigenvalue weighted by Crippen LogP contribution is 2.43. The van der Waals surface area contributed by atoms with E-state index in [0.29, 0.717) is 22.1 Å². The van der Waals surface area contributed by atoms with Gasteiger partial charge in [0.2, 0.25) is 0 Å². The molecule has 0 saturated carbocycles. The molecule has 4 atom stereocenters. The predicted molar refractivity (Wildman–Crippen MR) is 160 cm³/mol. The summed E-state index contributed by atoms with van der Waals surface area (Å²) in [6.07, 6.45) is 3.81. The molecule has 1 fully saturated rings. The number of rotatable bonds is 8. The number of hydrogen-bond donors (Lipinski definition) is 2. The van der Waals surface area contributed by atoms with Gasteiger partial charge in [-0.25, -0.2) is 15.0 Å². The van der Waals surface area contributed by atoms with Crippen molar-refractivity contribution in [2.75, 3.05) is 11.1 Å². The maximum atomic E-state index is 13.0. The summed E-state index contributed by atoms with van der Waals surface area (Å²) in [6.45, 7) is 2.09. The third kappa shape index (κ3) is 6.32. The fourth-order valence-corrected chi connectivity index (χ4v) is 5.82. The number of anilines is 1. The third-order valence-corrected chi connectivity index (χ3v) is 8.10. The summed E-state index contributed by atoms with van der Waals surface area (Å²) in [5.74, 6) is 0.295. The second-order valence-electron chi connectivity index (χ2n) is 9.99. The van der Waals surface area contributed by atoms with E-state index in [1.54, 1.807) is 18.5 Å². The summed E-state index contributed by atoms with van der Waals surface area (Å²) in [5.41, 5.74) is 4.80. The first-order valence-electron chi connectivity index (χ1n) is 13.6.